The lowest BCUT2D eigenvalue weighted by Crippen LogP contribution is -2.32. The van der Waals surface area contributed by atoms with Gasteiger partial charge in [-0.3, -0.25) is 4.98 Å². The van der Waals surface area contributed by atoms with Gasteiger partial charge in [-0.15, -0.1) is 0 Å². The number of furan rings is 1. The lowest BCUT2D eigenvalue weighted by molar-refractivity contribution is 0.261. The minimum Gasteiger partial charge on any atom is -0.459 e. The fourth-order valence-electron chi connectivity index (χ4n) is 3.78. The van der Waals surface area contributed by atoms with Crippen LogP contribution in [-0.4, -0.2) is 47.1 Å². The third-order valence-electron chi connectivity index (χ3n) is 5.18. The second-order valence-electron chi connectivity index (χ2n) is 7.54. The van der Waals surface area contributed by atoms with Crippen molar-refractivity contribution in [3.63, 3.8) is 0 Å². The van der Waals surface area contributed by atoms with E-state index < -0.39 is 0 Å². The molecule has 1 aliphatic heterocycles. The van der Waals surface area contributed by atoms with Crippen LogP contribution in [0.3, 0.4) is 0 Å². The van der Waals surface area contributed by atoms with E-state index in [0.29, 0.717) is 0 Å². The molecular formula is C23H26N4OS. The van der Waals surface area contributed by atoms with Gasteiger partial charge in [0, 0.05) is 18.3 Å². The summed E-state index contributed by atoms with van der Waals surface area (Å²) in [6.45, 7) is 1.87. The molecule has 0 bridgehead atoms. The number of rotatable bonds is 7. The van der Waals surface area contributed by atoms with Gasteiger partial charge >= 0.3 is 0 Å². The van der Waals surface area contributed by atoms with Crippen LogP contribution >= 0.6 is 12.2 Å². The molecule has 6 heteroatoms. The van der Waals surface area contributed by atoms with Gasteiger partial charge in [0.1, 0.15) is 17.6 Å². The number of nitrogens with one attached hydrogen (secondary N) is 1. The Morgan fingerprint density at radius 3 is 2.59 bits per heavy atom. The lowest BCUT2D eigenvalue weighted by atomic mass is 10.0. The quantitative estimate of drug-likeness (QED) is 0.592. The van der Waals surface area contributed by atoms with Gasteiger partial charge in [-0.2, -0.15) is 0 Å². The Hall–Kier alpha value is -2.70. The van der Waals surface area contributed by atoms with Crippen LogP contribution in [0.15, 0.2) is 71.3 Å². The highest BCUT2D eigenvalue weighted by Gasteiger charge is 2.41. The Labute approximate surface area is 177 Å². The van der Waals surface area contributed by atoms with Crippen molar-refractivity contribution in [2.24, 2.45) is 0 Å². The molecule has 5 nitrogen and oxygen atoms in total. The van der Waals surface area contributed by atoms with Crippen LogP contribution in [0.1, 0.15) is 30.0 Å². The summed E-state index contributed by atoms with van der Waals surface area (Å²) in [5, 5.41) is 4.23. The van der Waals surface area contributed by atoms with Crippen molar-refractivity contribution in [1.29, 1.82) is 0 Å². The van der Waals surface area contributed by atoms with Crippen molar-refractivity contribution in [2.75, 3.05) is 27.2 Å². The van der Waals surface area contributed by atoms with Gasteiger partial charge in [-0.05, 0) is 63.5 Å². The third kappa shape index (κ3) is 4.33. The maximum atomic E-state index is 6.33. The Morgan fingerprint density at radius 2 is 1.86 bits per heavy atom. The Bertz CT molecular complexity index is 942. The highest BCUT2D eigenvalue weighted by molar-refractivity contribution is 7.80. The largest absolute Gasteiger partial charge is 0.459 e. The van der Waals surface area contributed by atoms with E-state index in [1.54, 1.807) is 0 Å². The number of aromatic nitrogens is 1. The maximum Gasteiger partial charge on any atom is 0.170 e. The van der Waals surface area contributed by atoms with Gasteiger partial charge < -0.3 is 19.5 Å². The minimum absolute atomic E-state index is 0.0305. The molecule has 0 aliphatic carbocycles. The smallest absolute Gasteiger partial charge is 0.170 e. The van der Waals surface area contributed by atoms with Gasteiger partial charge in [0.05, 0.1) is 11.7 Å². The van der Waals surface area contributed by atoms with E-state index in [4.69, 9.17) is 16.6 Å². The predicted octanol–water partition coefficient (Wildman–Crippen LogP) is 4.27. The van der Waals surface area contributed by atoms with Crippen LogP contribution in [0.2, 0.25) is 0 Å². The summed E-state index contributed by atoms with van der Waals surface area (Å²) in [5.41, 5.74) is 2.04. The van der Waals surface area contributed by atoms with Crippen molar-refractivity contribution in [3.05, 3.63) is 78.3 Å². The molecule has 29 heavy (non-hydrogen) atoms. The molecule has 4 rings (SSSR count). The van der Waals surface area contributed by atoms with E-state index in [2.05, 4.69) is 52.4 Å². The summed E-state index contributed by atoms with van der Waals surface area (Å²) in [7, 11) is 4.18. The molecule has 2 aromatic heterocycles. The number of nitrogens with zero attached hydrogens (tertiary/aromatic N) is 3. The Morgan fingerprint density at radius 1 is 1.07 bits per heavy atom. The molecule has 1 fully saturated rings. The van der Waals surface area contributed by atoms with Gasteiger partial charge in [0.15, 0.2) is 5.11 Å². The maximum absolute atomic E-state index is 6.33. The summed E-state index contributed by atoms with van der Waals surface area (Å²) in [6, 6.07) is 20.2. The van der Waals surface area contributed by atoms with Crippen LogP contribution < -0.4 is 5.32 Å². The van der Waals surface area contributed by atoms with Crippen LogP contribution in [0, 0.1) is 0 Å². The first-order chi connectivity index (χ1) is 14.1. The van der Waals surface area contributed by atoms with Crippen LogP contribution in [0.25, 0.3) is 11.3 Å². The number of benzene rings is 1. The van der Waals surface area contributed by atoms with E-state index in [0.717, 1.165) is 47.4 Å². The molecule has 2 atom stereocenters. The number of hydrogen-bond donors (Lipinski definition) is 1. The molecule has 0 radical (unpaired) electrons. The van der Waals surface area contributed by atoms with E-state index in [1.807, 2.05) is 48.7 Å². The standard InChI is InChI=1S/C23H26N4OS/c1-26(2)15-8-16-27-22(21(25-23(27)29)18-11-6-7-14-24-18)20-13-12-19(28-20)17-9-4-3-5-10-17/h3-7,9-14,21-22H,8,15-16H2,1-2H3,(H,25,29). The third-order valence-corrected chi connectivity index (χ3v) is 5.53. The zero-order valence-electron chi connectivity index (χ0n) is 16.8. The van der Waals surface area contributed by atoms with Crippen LogP contribution in [-0.2, 0) is 0 Å². The molecule has 1 aliphatic rings. The van der Waals surface area contributed by atoms with Crippen molar-refractivity contribution in [1.82, 2.24) is 20.1 Å². The number of thiocarbonyl (C=S) groups is 1. The monoisotopic (exact) mass is 406 g/mol. The van der Waals surface area contributed by atoms with Crippen LogP contribution in [0.4, 0.5) is 0 Å². The second kappa shape index (κ2) is 8.76. The number of hydrogen-bond acceptors (Lipinski definition) is 4. The fourth-order valence-corrected chi connectivity index (χ4v) is 4.11. The van der Waals surface area contributed by atoms with Gasteiger partial charge in [0.25, 0.3) is 0 Å². The SMILES string of the molecule is CN(C)CCCN1C(=S)NC(c2ccccn2)C1c1ccc(-c2ccccc2)o1. The van der Waals surface area contributed by atoms with Gasteiger partial charge in [-0.1, -0.05) is 36.4 Å². The Kier molecular flexibility index (Phi) is 5.92. The Balaban J connectivity index is 1.66. The number of pyridine rings is 1. The normalized spacial score (nSPS) is 19.0. The van der Waals surface area contributed by atoms with Crippen molar-refractivity contribution in [3.8, 4) is 11.3 Å². The summed E-state index contributed by atoms with van der Waals surface area (Å²) in [5.74, 6) is 1.77. The molecule has 150 valence electrons. The summed E-state index contributed by atoms with van der Waals surface area (Å²) < 4.78 is 6.33. The molecule has 0 amide bonds. The molecule has 0 spiro atoms. The molecule has 3 heterocycles. The fraction of sp³-hybridized carbons (Fsp3) is 0.304. The van der Waals surface area contributed by atoms with Crippen LogP contribution in [0.5, 0.6) is 0 Å². The lowest BCUT2D eigenvalue weighted by Gasteiger charge is -2.26. The second-order valence-corrected chi connectivity index (χ2v) is 7.93. The summed E-state index contributed by atoms with van der Waals surface area (Å²) in [6.07, 6.45) is 2.84. The average Bonchev–Trinajstić information content (AvgIpc) is 3.34. The van der Waals surface area contributed by atoms with E-state index in [-0.39, 0.29) is 12.1 Å². The molecule has 2 unspecified atom stereocenters. The molecule has 0 saturated carbocycles. The molecular weight excluding hydrogens is 380 g/mol. The van der Waals surface area contributed by atoms with Crippen molar-refractivity contribution in [2.45, 2.75) is 18.5 Å². The first kappa shape index (κ1) is 19.6. The highest BCUT2D eigenvalue weighted by Crippen LogP contribution is 2.40. The van der Waals surface area contributed by atoms with Gasteiger partial charge in [-0.25, -0.2) is 0 Å². The average molecular weight is 407 g/mol. The zero-order valence-corrected chi connectivity index (χ0v) is 17.6. The molecule has 3 aromatic rings. The first-order valence-electron chi connectivity index (χ1n) is 9.91. The molecule has 1 saturated heterocycles. The zero-order chi connectivity index (χ0) is 20.2. The van der Waals surface area contributed by atoms with E-state index >= 15 is 0 Å². The molecule has 1 N–H and O–H groups in total. The summed E-state index contributed by atoms with van der Waals surface area (Å²) >= 11 is 5.71. The van der Waals surface area contributed by atoms with E-state index in [1.165, 1.54) is 0 Å². The van der Waals surface area contributed by atoms with Gasteiger partial charge in [0.2, 0.25) is 0 Å². The summed E-state index contributed by atoms with van der Waals surface area (Å²) in [4.78, 5) is 9.01. The predicted molar refractivity (Wildman–Crippen MR) is 119 cm³/mol. The highest BCUT2D eigenvalue weighted by atomic mass is 32.1. The topological polar surface area (TPSA) is 44.5 Å². The molecule has 1 aromatic carbocycles. The van der Waals surface area contributed by atoms with E-state index in [9.17, 15) is 0 Å². The van der Waals surface area contributed by atoms with Crippen molar-refractivity contribution >= 4 is 17.3 Å². The minimum atomic E-state index is -0.0437. The first-order valence-corrected chi connectivity index (χ1v) is 10.3. The van der Waals surface area contributed by atoms with Crippen molar-refractivity contribution < 1.29 is 4.42 Å².